The minimum Gasteiger partial charge on any atom is -0.388 e. The zero-order valence-corrected chi connectivity index (χ0v) is 13.5. The van der Waals surface area contributed by atoms with Gasteiger partial charge in [-0.3, -0.25) is 9.59 Å². The van der Waals surface area contributed by atoms with E-state index in [1.165, 1.54) is 6.08 Å². The lowest BCUT2D eigenvalue weighted by Crippen LogP contribution is -2.35. The molecule has 1 aliphatic rings. The minimum absolute atomic E-state index is 0.0152. The number of carbonyl (C=O) groups excluding carboxylic acids is 2. The summed E-state index contributed by atoms with van der Waals surface area (Å²) in [6.45, 7) is 3.90. The summed E-state index contributed by atoms with van der Waals surface area (Å²) in [5.41, 5.74) is 2.34. The van der Waals surface area contributed by atoms with Crippen LogP contribution in [-0.4, -0.2) is 22.8 Å². The van der Waals surface area contributed by atoms with Crippen molar-refractivity contribution in [3.8, 4) is 0 Å². The Labute approximate surface area is 137 Å². The van der Waals surface area contributed by atoms with Gasteiger partial charge in [-0.1, -0.05) is 54.1 Å². The van der Waals surface area contributed by atoms with Crippen LogP contribution >= 0.6 is 0 Å². The zero-order chi connectivity index (χ0) is 16.8. The van der Waals surface area contributed by atoms with E-state index in [9.17, 15) is 14.7 Å². The molecule has 23 heavy (non-hydrogen) atoms. The lowest BCUT2D eigenvalue weighted by molar-refractivity contribution is -0.126. The molecule has 0 radical (unpaired) electrons. The highest BCUT2D eigenvalue weighted by Gasteiger charge is 2.33. The number of rotatable bonds is 5. The molecule has 0 spiro atoms. The van der Waals surface area contributed by atoms with Crippen LogP contribution in [0.4, 0.5) is 0 Å². The first-order valence-electron chi connectivity index (χ1n) is 7.80. The standard InChI is InChI=1S/C20H22O3/c1-14(2)8-10-16-19(22)13-11-17(20(16)23)18(21)12-9-15-6-4-3-5-7-15/h3-9,11-12,16,20,23H,10,13H2,1-2H3. The van der Waals surface area contributed by atoms with E-state index in [2.05, 4.69) is 0 Å². The predicted molar refractivity (Wildman–Crippen MR) is 91.7 cm³/mol. The minimum atomic E-state index is -1.03. The number of carbonyl (C=O) groups is 2. The fraction of sp³-hybridized carbons (Fsp3) is 0.300. The third kappa shape index (κ3) is 4.60. The van der Waals surface area contributed by atoms with E-state index in [1.54, 1.807) is 12.2 Å². The van der Waals surface area contributed by atoms with Gasteiger partial charge >= 0.3 is 0 Å². The molecule has 2 atom stereocenters. The number of aliphatic hydroxyl groups is 1. The Morgan fingerprint density at radius 2 is 1.96 bits per heavy atom. The molecule has 120 valence electrons. The fourth-order valence-corrected chi connectivity index (χ4v) is 2.58. The van der Waals surface area contributed by atoms with Gasteiger partial charge in [0.25, 0.3) is 0 Å². The summed E-state index contributed by atoms with van der Waals surface area (Å²) < 4.78 is 0. The second kappa shape index (κ2) is 7.84. The lowest BCUT2D eigenvalue weighted by atomic mass is 9.81. The summed E-state index contributed by atoms with van der Waals surface area (Å²) in [5, 5.41) is 10.4. The van der Waals surface area contributed by atoms with Crippen LogP contribution in [-0.2, 0) is 9.59 Å². The summed E-state index contributed by atoms with van der Waals surface area (Å²) in [6, 6.07) is 9.50. The normalized spacial score (nSPS) is 21.2. The molecule has 0 heterocycles. The average Bonchev–Trinajstić information content (AvgIpc) is 2.53. The van der Waals surface area contributed by atoms with Gasteiger partial charge in [0.1, 0.15) is 5.78 Å². The first-order valence-corrected chi connectivity index (χ1v) is 7.80. The van der Waals surface area contributed by atoms with Crippen LogP contribution in [0, 0.1) is 5.92 Å². The predicted octanol–water partition coefficient (Wildman–Crippen LogP) is 3.50. The van der Waals surface area contributed by atoms with Crippen LogP contribution in [0.2, 0.25) is 0 Å². The molecular weight excluding hydrogens is 288 g/mol. The molecule has 1 aliphatic carbocycles. The topological polar surface area (TPSA) is 54.4 Å². The van der Waals surface area contributed by atoms with Crippen molar-refractivity contribution >= 4 is 17.6 Å². The van der Waals surface area contributed by atoms with Crippen molar-refractivity contribution in [1.82, 2.24) is 0 Å². The third-order valence-electron chi connectivity index (χ3n) is 3.93. The van der Waals surface area contributed by atoms with Crippen molar-refractivity contribution in [3.63, 3.8) is 0 Å². The Morgan fingerprint density at radius 1 is 1.26 bits per heavy atom. The molecule has 0 saturated carbocycles. The van der Waals surface area contributed by atoms with Crippen LogP contribution in [0.3, 0.4) is 0 Å². The lowest BCUT2D eigenvalue weighted by Gasteiger charge is -2.26. The summed E-state index contributed by atoms with van der Waals surface area (Å²) in [5.74, 6) is -0.784. The van der Waals surface area contributed by atoms with Gasteiger partial charge in [-0.15, -0.1) is 0 Å². The van der Waals surface area contributed by atoms with Crippen molar-refractivity contribution in [1.29, 1.82) is 0 Å². The van der Waals surface area contributed by atoms with E-state index in [-0.39, 0.29) is 18.0 Å². The van der Waals surface area contributed by atoms with Gasteiger partial charge in [0, 0.05) is 12.0 Å². The van der Waals surface area contributed by atoms with E-state index >= 15 is 0 Å². The molecule has 1 aromatic rings. The highest BCUT2D eigenvalue weighted by Crippen LogP contribution is 2.26. The van der Waals surface area contributed by atoms with Gasteiger partial charge in [-0.05, 0) is 31.9 Å². The molecule has 0 bridgehead atoms. The number of allylic oxidation sites excluding steroid dienone is 4. The molecule has 0 aliphatic heterocycles. The number of Topliss-reactive ketones (excluding diaryl/α,β-unsaturated/α-hetero) is 1. The molecule has 0 amide bonds. The van der Waals surface area contributed by atoms with Crippen molar-refractivity contribution in [2.75, 3.05) is 0 Å². The van der Waals surface area contributed by atoms with Crippen molar-refractivity contribution < 1.29 is 14.7 Å². The number of benzene rings is 1. The van der Waals surface area contributed by atoms with Crippen molar-refractivity contribution in [2.24, 2.45) is 5.92 Å². The Bertz CT molecular complexity index is 661. The summed E-state index contributed by atoms with van der Waals surface area (Å²) >= 11 is 0. The quantitative estimate of drug-likeness (QED) is 0.669. The maximum Gasteiger partial charge on any atom is 0.184 e. The molecule has 0 saturated heterocycles. The van der Waals surface area contributed by atoms with E-state index in [1.807, 2.05) is 50.3 Å². The summed E-state index contributed by atoms with van der Waals surface area (Å²) in [7, 11) is 0. The van der Waals surface area contributed by atoms with Crippen molar-refractivity contribution in [3.05, 3.63) is 65.3 Å². The van der Waals surface area contributed by atoms with E-state index < -0.39 is 12.0 Å². The maximum atomic E-state index is 12.3. The van der Waals surface area contributed by atoms with Gasteiger partial charge < -0.3 is 5.11 Å². The Hall–Kier alpha value is -2.26. The van der Waals surface area contributed by atoms with Crippen LogP contribution in [0.5, 0.6) is 0 Å². The summed E-state index contributed by atoms with van der Waals surface area (Å²) in [4.78, 5) is 24.3. The van der Waals surface area contributed by atoms with Gasteiger partial charge in [-0.25, -0.2) is 0 Å². The van der Waals surface area contributed by atoms with E-state index in [0.29, 0.717) is 12.0 Å². The molecular formula is C20H22O3. The molecule has 1 aromatic carbocycles. The average molecular weight is 310 g/mol. The molecule has 0 aromatic heterocycles. The van der Waals surface area contributed by atoms with E-state index in [4.69, 9.17) is 0 Å². The Kier molecular flexibility index (Phi) is 5.83. The second-order valence-corrected chi connectivity index (χ2v) is 6.01. The number of aliphatic hydroxyl groups excluding tert-OH is 1. The number of hydrogen-bond donors (Lipinski definition) is 1. The Balaban J connectivity index is 2.12. The molecule has 1 N–H and O–H groups in total. The smallest absolute Gasteiger partial charge is 0.184 e. The number of ketones is 2. The molecule has 3 nitrogen and oxygen atoms in total. The van der Waals surface area contributed by atoms with Gasteiger partial charge in [0.15, 0.2) is 5.78 Å². The van der Waals surface area contributed by atoms with Crippen LogP contribution in [0.1, 0.15) is 32.3 Å². The largest absolute Gasteiger partial charge is 0.388 e. The molecule has 2 unspecified atom stereocenters. The van der Waals surface area contributed by atoms with Gasteiger partial charge in [-0.2, -0.15) is 0 Å². The first kappa shape index (κ1) is 17.1. The highest BCUT2D eigenvalue weighted by molar-refractivity contribution is 6.08. The zero-order valence-electron chi connectivity index (χ0n) is 13.5. The van der Waals surface area contributed by atoms with Gasteiger partial charge in [0.2, 0.25) is 0 Å². The third-order valence-corrected chi connectivity index (χ3v) is 3.93. The monoisotopic (exact) mass is 310 g/mol. The SMILES string of the molecule is CC(C)=CCC1C(=O)CC=C(C(=O)C=Cc2ccccc2)C1O. The van der Waals surface area contributed by atoms with Crippen LogP contribution in [0.15, 0.2) is 59.7 Å². The van der Waals surface area contributed by atoms with Crippen LogP contribution < -0.4 is 0 Å². The molecule has 3 heteroatoms. The van der Waals surface area contributed by atoms with Gasteiger partial charge in [0.05, 0.1) is 12.0 Å². The van der Waals surface area contributed by atoms with Crippen LogP contribution in [0.25, 0.3) is 6.08 Å². The summed E-state index contributed by atoms with van der Waals surface area (Å²) in [6.07, 6.45) is 6.31. The van der Waals surface area contributed by atoms with E-state index in [0.717, 1.165) is 11.1 Å². The number of hydrogen-bond acceptors (Lipinski definition) is 3. The van der Waals surface area contributed by atoms with Crippen molar-refractivity contribution in [2.45, 2.75) is 32.8 Å². The highest BCUT2D eigenvalue weighted by atomic mass is 16.3. The Morgan fingerprint density at radius 3 is 2.61 bits per heavy atom. The fourth-order valence-electron chi connectivity index (χ4n) is 2.58. The first-order chi connectivity index (χ1) is 11.0. The molecule has 2 rings (SSSR count). The molecule has 0 fully saturated rings. The maximum absolute atomic E-state index is 12.3. The second-order valence-electron chi connectivity index (χ2n) is 6.01.